The van der Waals surface area contributed by atoms with Crippen LogP contribution in [0, 0.1) is 0 Å². The molecular weight excluding hydrogens is 263 g/mol. The van der Waals surface area contributed by atoms with Crippen molar-refractivity contribution in [2.45, 2.75) is 6.61 Å². The Hall–Kier alpha value is 0.631. The molecule has 2 aromatic rings. The first-order valence-corrected chi connectivity index (χ1v) is 5.15. The molecule has 2 rings (SSSR count). The van der Waals surface area contributed by atoms with Crippen molar-refractivity contribution in [2.24, 2.45) is 0 Å². The van der Waals surface area contributed by atoms with Gasteiger partial charge in [0.2, 0.25) is 0 Å². The summed E-state index contributed by atoms with van der Waals surface area (Å²) < 4.78 is 38.0. The summed E-state index contributed by atoms with van der Waals surface area (Å²) in [4.78, 5) is 0.678. The molecule has 7 heteroatoms. The van der Waals surface area contributed by atoms with Crippen LogP contribution in [0.4, 0.5) is 12.9 Å². The normalized spacial score (nSPS) is 11.5. The zero-order valence-electron chi connectivity index (χ0n) is 8.58. The SMILES string of the molecule is OCc1cc2cc([B-](F)(F)F)ccc2s1.[K+]. The molecule has 0 fully saturated rings. The quantitative estimate of drug-likeness (QED) is 0.726. The first-order chi connectivity index (χ1) is 7.00. The predicted molar refractivity (Wildman–Crippen MR) is 56.5 cm³/mol. The summed E-state index contributed by atoms with van der Waals surface area (Å²) in [6.45, 7) is -5.07. The van der Waals surface area contributed by atoms with Crippen molar-refractivity contribution in [3.63, 3.8) is 0 Å². The average molecular weight is 270 g/mol. The van der Waals surface area contributed by atoms with E-state index in [2.05, 4.69) is 0 Å². The standard InChI is InChI=1S/C9H7BF3OS.K/c11-10(12,13)7-1-2-9-6(3-7)4-8(5-14)15-9;/h1-4,14H,5H2;/q-1;+1. The Morgan fingerprint density at radius 3 is 2.44 bits per heavy atom. The third-order valence-corrected chi connectivity index (χ3v) is 3.23. The Balaban J connectivity index is 0.00000128. The van der Waals surface area contributed by atoms with E-state index in [-0.39, 0.29) is 58.0 Å². The molecule has 0 aliphatic heterocycles. The summed E-state index contributed by atoms with van der Waals surface area (Å²) >= 11 is 1.31. The zero-order valence-corrected chi connectivity index (χ0v) is 12.5. The molecule has 0 bridgehead atoms. The molecule has 0 aliphatic carbocycles. The number of benzene rings is 1. The van der Waals surface area contributed by atoms with Crippen molar-refractivity contribution < 1.29 is 69.4 Å². The Bertz CT molecular complexity index is 497. The van der Waals surface area contributed by atoms with Gasteiger partial charge in [0.25, 0.3) is 0 Å². The first-order valence-electron chi connectivity index (χ1n) is 4.34. The van der Waals surface area contributed by atoms with Gasteiger partial charge in [-0.15, -0.1) is 16.8 Å². The smallest absolute Gasteiger partial charge is 0.445 e. The summed E-state index contributed by atoms with van der Waals surface area (Å²) in [7, 11) is 0. The summed E-state index contributed by atoms with van der Waals surface area (Å²) in [6, 6.07) is 5.25. The van der Waals surface area contributed by atoms with Crippen LogP contribution in [0.1, 0.15) is 4.88 Å². The Kier molecular flexibility index (Phi) is 5.06. The number of hydrogen-bond acceptors (Lipinski definition) is 2. The van der Waals surface area contributed by atoms with Gasteiger partial charge in [-0.2, -0.15) is 0 Å². The Morgan fingerprint density at radius 2 is 1.88 bits per heavy atom. The number of halogens is 3. The van der Waals surface area contributed by atoms with E-state index < -0.39 is 12.4 Å². The molecule has 1 N–H and O–H groups in total. The van der Waals surface area contributed by atoms with Crippen LogP contribution in [-0.2, 0) is 6.61 Å². The van der Waals surface area contributed by atoms with Gasteiger partial charge >= 0.3 is 58.4 Å². The van der Waals surface area contributed by atoms with Crippen molar-refractivity contribution in [2.75, 3.05) is 0 Å². The zero-order chi connectivity index (χ0) is 11.1. The summed E-state index contributed by atoms with van der Waals surface area (Å²) in [6.07, 6.45) is 0. The van der Waals surface area contributed by atoms with Crippen molar-refractivity contribution >= 4 is 33.9 Å². The summed E-state index contributed by atoms with van der Waals surface area (Å²) in [5.41, 5.74) is -0.593. The summed E-state index contributed by atoms with van der Waals surface area (Å²) in [5, 5.41) is 9.40. The third kappa shape index (κ3) is 3.10. The number of thiophene rings is 1. The van der Waals surface area contributed by atoms with E-state index in [0.717, 1.165) is 16.8 Å². The van der Waals surface area contributed by atoms with Gasteiger partial charge in [0, 0.05) is 9.58 Å². The Morgan fingerprint density at radius 1 is 1.19 bits per heavy atom. The second-order valence-corrected chi connectivity index (χ2v) is 4.41. The van der Waals surface area contributed by atoms with Crippen LogP contribution >= 0.6 is 11.3 Å². The van der Waals surface area contributed by atoms with Gasteiger partial charge in [0.05, 0.1) is 6.61 Å². The largest absolute Gasteiger partial charge is 1.00 e. The molecule has 80 valence electrons. The van der Waals surface area contributed by atoms with Crippen molar-refractivity contribution in [3.05, 3.63) is 29.1 Å². The van der Waals surface area contributed by atoms with Crippen molar-refractivity contribution in [1.82, 2.24) is 0 Å². The maximum absolute atomic E-state index is 12.4. The van der Waals surface area contributed by atoms with E-state index in [9.17, 15) is 12.9 Å². The van der Waals surface area contributed by atoms with Crippen LogP contribution < -0.4 is 56.8 Å². The number of aliphatic hydroxyl groups is 1. The van der Waals surface area contributed by atoms with Gasteiger partial charge in [-0.3, -0.25) is 0 Å². The maximum atomic E-state index is 12.4. The minimum atomic E-state index is -4.94. The monoisotopic (exact) mass is 270 g/mol. The van der Waals surface area contributed by atoms with E-state index in [1.165, 1.54) is 17.4 Å². The molecular formula is C9H7BF3KOS. The molecule has 0 amide bonds. The molecule has 0 atom stereocenters. The Labute approximate surface area is 137 Å². The fourth-order valence-electron chi connectivity index (χ4n) is 1.40. The number of hydrogen-bond donors (Lipinski definition) is 1. The van der Waals surface area contributed by atoms with E-state index in [1.807, 2.05) is 0 Å². The molecule has 0 unspecified atom stereocenters. The van der Waals surface area contributed by atoms with Gasteiger partial charge in [0.1, 0.15) is 0 Å². The molecule has 0 radical (unpaired) electrons. The second-order valence-electron chi connectivity index (χ2n) is 3.24. The van der Waals surface area contributed by atoms with E-state index >= 15 is 0 Å². The van der Waals surface area contributed by atoms with Gasteiger partial charge in [-0.05, 0) is 17.5 Å². The molecule has 0 saturated heterocycles. The molecule has 1 heterocycles. The number of rotatable bonds is 2. The van der Waals surface area contributed by atoms with Crippen LogP contribution in [0.2, 0.25) is 0 Å². The number of fused-ring (bicyclic) bond motifs is 1. The molecule has 1 aromatic heterocycles. The molecule has 1 aromatic carbocycles. The maximum Gasteiger partial charge on any atom is 1.00 e. The minimum absolute atomic E-state index is 0. The van der Waals surface area contributed by atoms with Gasteiger partial charge < -0.3 is 18.1 Å². The van der Waals surface area contributed by atoms with E-state index in [1.54, 1.807) is 6.07 Å². The molecule has 0 aliphatic rings. The topological polar surface area (TPSA) is 20.2 Å². The molecule has 0 spiro atoms. The summed E-state index contributed by atoms with van der Waals surface area (Å²) in [5.74, 6) is 0. The second kappa shape index (κ2) is 5.52. The van der Waals surface area contributed by atoms with Gasteiger partial charge in [0.15, 0.2) is 0 Å². The van der Waals surface area contributed by atoms with Crippen LogP contribution in [0.3, 0.4) is 0 Å². The van der Waals surface area contributed by atoms with Crippen LogP contribution in [0.15, 0.2) is 24.3 Å². The van der Waals surface area contributed by atoms with Gasteiger partial charge in [-0.1, -0.05) is 12.1 Å². The van der Waals surface area contributed by atoms with Crippen molar-refractivity contribution in [1.29, 1.82) is 0 Å². The van der Waals surface area contributed by atoms with Crippen LogP contribution in [-0.4, -0.2) is 12.1 Å². The molecule has 16 heavy (non-hydrogen) atoms. The third-order valence-electron chi connectivity index (χ3n) is 2.13. The predicted octanol–water partition coefficient (Wildman–Crippen LogP) is -0.548. The van der Waals surface area contributed by atoms with Crippen LogP contribution in [0.25, 0.3) is 10.1 Å². The average Bonchev–Trinajstić information content (AvgIpc) is 2.57. The van der Waals surface area contributed by atoms with Gasteiger partial charge in [-0.25, -0.2) is 0 Å². The fourth-order valence-corrected chi connectivity index (χ4v) is 2.30. The first kappa shape index (κ1) is 14.7. The van der Waals surface area contributed by atoms with E-state index in [0.29, 0.717) is 10.3 Å². The van der Waals surface area contributed by atoms with Crippen LogP contribution in [0.5, 0.6) is 0 Å². The van der Waals surface area contributed by atoms with Crippen molar-refractivity contribution in [3.8, 4) is 0 Å². The minimum Gasteiger partial charge on any atom is -0.445 e. The molecule has 1 nitrogen and oxygen atoms in total. The fraction of sp³-hybridized carbons (Fsp3) is 0.111. The molecule has 0 saturated carbocycles. The van der Waals surface area contributed by atoms with E-state index in [4.69, 9.17) is 5.11 Å². The number of aliphatic hydroxyl groups excluding tert-OH is 1.